The fourth-order valence-electron chi connectivity index (χ4n) is 3.11. The molecule has 1 amide bonds. The molecule has 0 radical (unpaired) electrons. The first kappa shape index (κ1) is 24.6. The highest BCUT2D eigenvalue weighted by Gasteiger charge is 2.35. The molecule has 1 aromatic rings. The van der Waals surface area contributed by atoms with E-state index >= 15 is 0 Å². The van der Waals surface area contributed by atoms with E-state index in [1.807, 2.05) is 0 Å². The van der Waals surface area contributed by atoms with Crippen LogP contribution in [0.25, 0.3) is 0 Å². The number of alkyl halides is 3. The topological polar surface area (TPSA) is 84.9 Å². The molecule has 0 spiro atoms. The molecule has 2 rings (SSSR count). The zero-order valence-electron chi connectivity index (χ0n) is 16.8. The number of nitrogens with zero attached hydrogens (tertiary/aromatic N) is 1. The number of rotatable bonds is 10. The summed E-state index contributed by atoms with van der Waals surface area (Å²) >= 11 is 0. The van der Waals surface area contributed by atoms with Crippen molar-refractivity contribution in [1.82, 2.24) is 9.62 Å². The normalized spacial score (nSPS) is 16.5. The van der Waals surface area contributed by atoms with Crippen molar-refractivity contribution in [3.63, 3.8) is 0 Å². The van der Waals surface area contributed by atoms with Gasteiger partial charge in [0, 0.05) is 39.3 Å². The lowest BCUT2D eigenvalue weighted by Crippen LogP contribution is -2.43. The van der Waals surface area contributed by atoms with E-state index < -0.39 is 26.7 Å². The van der Waals surface area contributed by atoms with Gasteiger partial charge in [-0.05, 0) is 37.5 Å². The molecule has 0 aromatic heterocycles. The number of methoxy groups -OCH3 is 1. The maximum absolute atomic E-state index is 12.9. The summed E-state index contributed by atoms with van der Waals surface area (Å²) in [5.74, 6) is -0.477. The van der Waals surface area contributed by atoms with Crippen molar-refractivity contribution >= 4 is 15.9 Å². The Morgan fingerprint density at radius 1 is 1.20 bits per heavy atom. The molecule has 0 saturated carbocycles. The molecule has 1 N–H and O–H groups in total. The van der Waals surface area contributed by atoms with Gasteiger partial charge < -0.3 is 14.8 Å². The molecular weight excluding hydrogens is 425 g/mol. The molecule has 0 aliphatic carbocycles. The van der Waals surface area contributed by atoms with Crippen molar-refractivity contribution in [2.45, 2.75) is 30.3 Å². The fourth-order valence-corrected chi connectivity index (χ4v) is 4.63. The van der Waals surface area contributed by atoms with Crippen molar-refractivity contribution < 1.29 is 35.9 Å². The van der Waals surface area contributed by atoms with E-state index in [2.05, 4.69) is 5.32 Å². The quantitative estimate of drug-likeness (QED) is 0.551. The average Bonchev–Trinajstić information content (AvgIpc) is 2.72. The molecule has 1 aromatic carbocycles. The predicted molar refractivity (Wildman–Crippen MR) is 103 cm³/mol. The van der Waals surface area contributed by atoms with Crippen LogP contribution in [0, 0.1) is 5.92 Å². The lowest BCUT2D eigenvalue weighted by molar-refractivity contribution is -0.137. The Morgan fingerprint density at radius 2 is 1.90 bits per heavy atom. The van der Waals surface area contributed by atoms with Crippen LogP contribution in [0.2, 0.25) is 0 Å². The van der Waals surface area contributed by atoms with Gasteiger partial charge in [-0.3, -0.25) is 4.79 Å². The highest BCUT2D eigenvalue weighted by Crippen LogP contribution is 2.32. The Labute approximate surface area is 174 Å². The Hall–Kier alpha value is -1.69. The van der Waals surface area contributed by atoms with Crippen LogP contribution in [0.1, 0.15) is 24.8 Å². The number of halogens is 3. The predicted octanol–water partition coefficient (Wildman–Crippen LogP) is 2.28. The average molecular weight is 452 g/mol. The van der Waals surface area contributed by atoms with Gasteiger partial charge in [0.25, 0.3) is 0 Å². The van der Waals surface area contributed by atoms with Crippen LogP contribution >= 0.6 is 0 Å². The second kappa shape index (κ2) is 11.1. The second-order valence-corrected chi connectivity index (χ2v) is 8.89. The van der Waals surface area contributed by atoms with E-state index in [1.165, 1.54) is 0 Å². The number of nitrogens with one attached hydrogen (secondary N) is 1. The molecule has 7 nitrogen and oxygen atoms in total. The number of sulfonamides is 1. The van der Waals surface area contributed by atoms with Crippen LogP contribution in [0.4, 0.5) is 13.2 Å². The second-order valence-electron chi connectivity index (χ2n) is 6.95. The van der Waals surface area contributed by atoms with E-state index in [0.29, 0.717) is 51.7 Å². The van der Waals surface area contributed by atoms with Crippen LogP contribution in [-0.4, -0.2) is 65.2 Å². The largest absolute Gasteiger partial charge is 0.416 e. The highest BCUT2D eigenvalue weighted by atomic mass is 32.2. The summed E-state index contributed by atoms with van der Waals surface area (Å²) in [4.78, 5) is 11.9. The summed E-state index contributed by atoms with van der Waals surface area (Å²) in [6.07, 6.45) is -3.34. The van der Waals surface area contributed by atoms with E-state index in [9.17, 15) is 26.4 Å². The molecule has 0 bridgehead atoms. The number of piperidine rings is 1. The number of hydrogen-bond acceptors (Lipinski definition) is 5. The lowest BCUT2D eigenvalue weighted by Gasteiger charge is -2.30. The number of hydrogen-bond donors (Lipinski definition) is 1. The molecule has 30 heavy (non-hydrogen) atoms. The van der Waals surface area contributed by atoms with Crippen molar-refractivity contribution in [2.75, 3.05) is 46.6 Å². The van der Waals surface area contributed by atoms with Gasteiger partial charge in [0.1, 0.15) is 0 Å². The van der Waals surface area contributed by atoms with Crippen molar-refractivity contribution in [3.8, 4) is 0 Å². The fraction of sp³-hybridized carbons (Fsp3) is 0.632. The first-order chi connectivity index (χ1) is 14.2. The Kier molecular flexibility index (Phi) is 9.08. The minimum Gasteiger partial charge on any atom is -0.382 e. The molecule has 170 valence electrons. The third kappa shape index (κ3) is 6.93. The highest BCUT2D eigenvalue weighted by molar-refractivity contribution is 7.89. The molecule has 11 heteroatoms. The van der Waals surface area contributed by atoms with E-state index in [4.69, 9.17) is 9.47 Å². The van der Waals surface area contributed by atoms with Gasteiger partial charge in [-0.2, -0.15) is 17.5 Å². The first-order valence-corrected chi connectivity index (χ1v) is 11.1. The zero-order chi connectivity index (χ0) is 22.2. The van der Waals surface area contributed by atoms with Crippen molar-refractivity contribution in [3.05, 3.63) is 29.8 Å². The maximum Gasteiger partial charge on any atom is 0.416 e. The summed E-state index contributed by atoms with van der Waals surface area (Å²) in [6, 6.07) is 3.70. The number of benzene rings is 1. The minimum atomic E-state index is -4.62. The van der Waals surface area contributed by atoms with E-state index in [-0.39, 0.29) is 24.9 Å². The Bertz CT molecular complexity index is 794. The van der Waals surface area contributed by atoms with E-state index in [0.717, 1.165) is 22.5 Å². The van der Waals surface area contributed by atoms with Gasteiger partial charge in [0.2, 0.25) is 15.9 Å². The van der Waals surface area contributed by atoms with Gasteiger partial charge in [0.15, 0.2) is 0 Å². The molecule has 1 aliphatic heterocycles. The summed E-state index contributed by atoms with van der Waals surface area (Å²) in [6.45, 7) is 2.11. The van der Waals surface area contributed by atoms with Gasteiger partial charge in [-0.15, -0.1) is 0 Å². The van der Waals surface area contributed by atoms with Crippen LogP contribution in [0.15, 0.2) is 29.2 Å². The molecule has 1 heterocycles. The van der Waals surface area contributed by atoms with Gasteiger partial charge >= 0.3 is 6.18 Å². The van der Waals surface area contributed by atoms with E-state index in [1.54, 1.807) is 7.11 Å². The van der Waals surface area contributed by atoms with Crippen LogP contribution < -0.4 is 5.32 Å². The molecule has 1 fully saturated rings. The number of ether oxygens (including phenoxy) is 2. The van der Waals surface area contributed by atoms with Crippen molar-refractivity contribution in [1.29, 1.82) is 0 Å². The number of carbonyl (C=O) groups excluding carboxylic acids is 1. The molecule has 1 aliphatic rings. The molecule has 1 saturated heterocycles. The smallest absolute Gasteiger partial charge is 0.382 e. The van der Waals surface area contributed by atoms with Crippen LogP contribution in [0.3, 0.4) is 0 Å². The SMILES string of the molecule is COCCOCCCNC(=O)C1CCN(S(=O)(=O)c2cccc(C(F)(F)F)c2)CC1. The summed E-state index contributed by atoms with van der Waals surface area (Å²) in [5, 5.41) is 2.81. The number of amides is 1. The lowest BCUT2D eigenvalue weighted by atomic mass is 9.97. The van der Waals surface area contributed by atoms with Crippen molar-refractivity contribution in [2.24, 2.45) is 5.92 Å². The van der Waals surface area contributed by atoms with Gasteiger partial charge in [-0.1, -0.05) is 6.07 Å². The summed E-state index contributed by atoms with van der Waals surface area (Å²) in [5.41, 5.74) is -1.01. The Balaban J connectivity index is 1.82. The third-order valence-corrected chi connectivity index (χ3v) is 6.71. The monoisotopic (exact) mass is 452 g/mol. The minimum absolute atomic E-state index is 0.0802. The number of carbonyl (C=O) groups is 1. The Morgan fingerprint density at radius 3 is 2.53 bits per heavy atom. The third-order valence-electron chi connectivity index (χ3n) is 4.82. The van der Waals surface area contributed by atoms with Crippen LogP contribution in [-0.2, 0) is 30.5 Å². The molecular formula is C19H27F3N2O5S. The maximum atomic E-state index is 12.9. The molecule has 0 unspecified atom stereocenters. The van der Waals surface area contributed by atoms with Gasteiger partial charge in [0.05, 0.1) is 23.7 Å². The zero-order valence-corrected chi connectivity index (χ0v) is 17.6. The summed E-state index contributed by atoms with van der Waals surface area (Å²) in [7, 11) is -2.47. The molecule has 0 atom stereocenters. The summed E-state index contributed by atoms with van der Waals surface area (Å²) < 4.78 is 75.3. The first-order valence-electron chi connectivity index (χ1n) is 9.68. The standard InChI is InChI=1S/C19H27F3N2O5S/c1-28-12-13-29-11-3-8-23-18(25)15-6-9-24(10-7-15)30(26,27)17-5-2-4-16(14-17)19(20,21)22/h2,4-5,14-15H,3,6-13H2,1H3,(H,23,25). The van der Waals surface area contributed by atoms with Crippen LogP contribution in [0.5, 0.6) is 0 Å². The van der Waals surface area contributed by atoms with Gasteiger partial charge in [-0.25, -0.2) is 8.42 Å².